The van der Waals surface area contributed by atoms with Gasteiger partial charge in [0.25, 0.3) is 0 Å². The standard InChI is InChI=1S/C6H15N3S2.Na/c1-4-5-11-6(10)9(7-2)8-3;/h7-8H,4-5H2,1-3H3;. The molecular weight excluding hydrogens is 201 g/mol. The Morgan fingerprint density at radius 1 is 1.42 bits per heavy atom. The molecule has 0 aromatic rings. The first-order valence-corrected chi connectivity index (χ1v) is 4.97. The van der Waals surface area contributed by atoms with Gasteiger partial charge in [-0.05, 0) is 18.6 Å². The van der Waals surface area contributed by atoms with Gasteiger partial charge >= 0.3 is 0 Å². The van der Waals surface area contributed by atoms with E-state index < -0.39 is 0 Å². The van der Waals surface area contributed by atoms with Crippen LogP contribution in [0.4, 0.5) is 0 Å². The van der Waals surface area contributed by atoms with Gasteiger partial charge in [0.1, 0.15) is 0 Å². The zero-order valence-electron chi connectivity index (χ0n) is 8.18. The molecule has 0 aromatic carbocycles. The second kappa shape index (κ2) is 10.2. The van der Waals surface area contributed by atoms with E-state index in [1.165, 1.54) is 0 Å². The van der Waals surface area contributed by atoms with Gasteiger partial charge in [-0.1, -0.05) is 18.7 Å². The summed E-state index contributed by atoms with van der Waals surface area (Å²) in [6.45, 7) is 2.14. The summed E-state index contributed by atoms with van der Waals surface area (Å²) in [6, 6.07) is 0. The number of thioether (sulfide) groups is 1. The van der Waals surface area contributed by atoms with Crippen molar-refractivity contribution < 1.29 is 0 Å². The maximum absolute atomic E-state index is 5.10. The van der Waals surface area contributed by atoms with E-state index in [0.29, 0.717) is 0 Å². The monoisotopic (exact) mass is 216 g/mol. The largest absolute Gasteiger partial charge is 0.224 e. The summed E-state index contributed by atoms with van der Waals surface area (Å²) in [5, 5.41) is 1.72. The van der Waals surface area contributed by atoms with Crippen LogP contribution in [0.3, 0.4) is 0 Å². The zero-order chi connectivity index (χ0) is 8.69. The number of thiocarbonyl (C=S) groups is 1. The molecule has 6 heteroatoms. The minimum Gasteiger partial charge on any atom is -0.224 e. The Labute approximate surface area is 106 Å². The van der Waals surface area contributed by atoms with Gasteiger partial charge in [-0.2, -0.15) is 0 Å². The van der Waals surface area contributed by atoms with E-state index in [4.69, 9.17) is 12.2 Å². The number of hydrogen-bond acceptors (Lipinski definition) is 4. The third-order valence-corrected chi connectivity index (χ3v) is 2.64. The first-order chi connectivity index (χ1) is 5.26. The van der Waals surface area contributed by atoms with Crippen molar-refractivity contribution in [3.05, 3.63) is 0 Å². The Morgan fingerprint density at radius 2 is 1.92 bits per heavy atom. The Kier molecular flexibility index (Phi) is 13.3. The maximum atomic E-state index is 5.10. The molecule has 0 aliphatic rings. The molecule has 0 bridgehead atoms. The van der Waals surface area contributed by atoms with Crippen molar-refractivity contribution in [1.82, 2.24) is 16.0 Å². The molecule has 0 atom stereocenters. The van der Waals surface area contributed by atoms with Crippen molar-refractivity contribution in [3.63, 3.8) is 0 Å². The van der Waals surface area contributed by atoms with Gasteiger partial charge in [0.2, 0.25) is 0 Å². The molecule has 1 radical (unpaired) electrons. The third kappa shape index (κ3) is 6.65. The van der Waals surface area contributed by atoms with Crippen molar-refractivity contribution >= 4 is 57.9 Å². The van der Waals surface area contributed by atoms with Crippen LogP contribution in [0.2, 0.25) is 0 Å². The minimum absolute atomic E-state index is 0. The number of hydrogen-bond donors (Lipinski definition) is 2. The second-order valence-corrected chi connectivity index (χ2v) is 3.63. The summed E-state index contributed by atoms with van der Waals surface area (Å²) in [6.07, 6.45) is 1.14. The van der Waals surface area contributed by atoms with Crippen molar-refractivity contribution in [2.75, 3.05) is 19.8 Å². The van der Waals surface area contributed by atoms with Crippen LogP contribution in [-0.4, -0.2) is 58.8 Å². The van der Waals surface area contributed by atoms with Gasteiger partial charge in [-0.3, -0.25) is 0 Å². The molecule has 0 spiro atoms. The van der Waals surface area contributed by atoms with E-state index in [0.717, 1.165) is 16.5 Å². The molecule has 2 N–H and O–H groups in total. The molecule has 0 amide bonds. The molecule has 0 heterocycles. The summed E-state index contributed by atoms with van der Waals surface area (Å²) in [5.41, 5.74) is 5.84. The molecule has 0 saturated heterocycles. The molecule has 0 saturated carbocycles. The van der Waals surface area contributed by atoms with Crippen LogP contribution in [0.1, 0.15) is 13.3 Å². The molecule has 0 fully saturated rings. The average molecular weight is 216 g/mol. The van der Waals surface area contributed by atoms with Crippen molar-refractivity contribution in [3.8, 4) is 0 Å². The number of nitrogens with one attached hydrogen (secondary N) is 2. The van der Waals surface area contributed by atoms with Crippen molar-refractivity contribution in [2.45, 2.75) is 13.3 Å². The van der Waals surface area contributed by atoms with E-state index in [-0.39, 0.29) is 29.6 Å². The fraction of sp³-hybridized carbons (Fsp3) is 0.833. The topological polar surface area (TPSA) is 27.3 Å². The third-order valence-electron chi connectivity index (χ3n) is 1.06. The van der Waals surface area contributed by atoms with Gasteiger partial charge < -0.3 is 0 Å². The second-order valence-electron chi connectivity index (χ2n) is 1.90. The SMILES string of the molecule is CCCSC(=S)N(NC)NC.[Na]. The fourth-order valence-electron chi connectivity index (χ4n) is 0.548. The van der Waals surface area contributed by atoms with Crippen LogP contribution in [-0.2, 0) is 0 Å². The van der Waals surface area contributed by atoms with E-state index in [9.17, 15) is 0 Å². The summed E-state index contributed by atoms with van der Waals surface area (Å²) in [5.74, 6) is 1.07. The van der Waals surface area contributed by atoms with Crippen LogP contribution < -0.4 is 10.9 Å². The van der Waals surface area contributed by atoms with Crippen LogP contribution in [0.5, 0.6) is 0 Å². The smallest absolute Gasteiger partial charge is 0.166 e. The van der Waals surface area contributed by atoms with E-state index in [2.05, 4.69) is 17.8 Å². The first kappa shape index (κ1) is 15.6. The number of rotatable bonds is 4. The Balaban J connectivity index is 0. The molecule has 0 aliphatic heterocycles. The number of hydrazine groups is 2. The molecule has 67 valence electrons. The fourth-order valence-corrected chi connectivity index (χ4v) is 1.67. The van der Waals surface area contributed by atoms with Gasteiger partial charge in [0, 0.05) is 49.4 Å². The molecule has 0 unspecified atom stereocenters. The zero-order valence-corrected chi connectivity index (χ0v) is 11.8. The van der Waals surface area contributed by atoms with Gasteiger partial charge in [-0.15, -0.1) is 0 Å². The molecule has 0 aliphatic carbocycles. The number of nitrogens with zero attached hydrogens (tertiary/aromatic N) is 1. The summed E-state index contributed by atoms with van der Waals surface area (Å²) >= 11 is 6.77. The van der Waals surface area contributed by atoms with Crippen LogP contribution in [0.15, 0.2) is 0 Å². The summed E-state index contributed by atoms with van der Waals surface area (Å²) in [7, 11) is 3.66. The Morgan fingerprint density at radius 3 is 2.25 bits per heavy atom. The molecule has 0 rings (SSSR count). The van der Waals surface area contributed by atoms with E-state index >= 15 is 0 Å². The summed E-state index contributed by atoms with van der Waals surface area (Å²) < 4.78 is 0.830. The minimum atomic E-state index is 0. The van der Waals surface area contributed by atoms with Gasteiger partial charge in [0.15, 0.2) is 4.32 Å². The first-order valence-electron chi connectivity index (χ1n) is 3.57. The van der Waals surface area contributed by atoms with E-state index in [1.807, 2.05) is 14.1 Å². The van der Waals surface area contributed by atoms with Crippen LogP contribution in [0, 0.1) is 0 Å². The van der Waals surface area contributed by atoms with Crippen molar-refractivity contribution in [2.24, 2.45) is 0 Å². The normalized spacial score (nSPS) is 8.92. The predicted octanol–water partition coefficient (Wildman–Crippen LogP) is 0.604. The van der Waals surface area contributed by atoms with E-state index in [1.54, 1.807) is 16.9 Å². The van der Waals surface area contributed by atoms with Crippen molar-refractivity contribution in [1.29, 1.82) is 0 Å². The van der Waals surface area contributed by atoms with Crippen LogP contribution >= 0.6 is 24.0 Å². The maximum Gasteiger partial charge on any atom is 0.166 e. The molecule has 0 aromatic heterocycles. The molecule has 3 nitrogen and oxygen atoms in total. The Hall–Kier alpha value is 1.16. The van der Waals surface area contributed by atoms with Gasteiger partial charge in [-0.25, -0.2) is 16.0 Å². The molecular formula is C6H15N3NaS2. The van der Waals surface area contributed by atoms with Crippen LogP contribution in [0.25, 0.3) is 0 Å². The quantitative estimate of drug-likeness (QED) is 0.408. The molecule has 12 heavy (non-hydrogen) atoms. The predicted molar refractivity (Wildman–Crippen MR) is 61.1 cm³/mol. The Bertz CT molecular complexity index is 119. The summed E-state index contributed by atoms with van der Waals surface area (Å²) in [4.78, 5) is 0. The average Bonchev–Trinajstić information content (AvgIpc) is 2.03. The van der Waals surface area contributed by atoms with Gasteiger partial charge in [0.05, 0.1) is 0 Å².